The molecule has 0 aromatic heterocycles. The molecule has 1 aliphatic carbocycles. The van der Waals surface area contributed by atoms with Gasteiger partial charge < -0.3 is 5.32 Å². The fourth-order valence-electron chi connectivity index (χ4n) is 2.63. The van der Waals surface area contributed by atoms with Gasteiger partial charge in [0.05, 0.1) is 10.6 Å². The van der Waals surface area contributed by atoms with Crippen LogP contribution in [0.4, 0.5) is 10.1 Å². The van der Waals surface area contributed by atoms with E-state index in [1.165, 1.54) is 24.6 Å². The molecule has 2 atom stereocenters. The van der Waals surface area contributed by atoms with Crippen LogP contribution >= 0.6 is 0 Å². The largest absolute Gasteiger partial charge is 0.380 e. The molecule has 106 valence electrons. The average molecular weight is 285 g/mol. The molecule has 2 rings (SSSR count). The standard InChI is InChI=1S/C14H20FNO2S/c1-10-4-3-5-11(8-10)16-14-9-12(19(2,17)18)6-7-13(14)15/h6-7,9-11,16H,3-5,8H2,1-2H3. The molecule has 0 bridgehead atoms. The summed E-state index contributed by atoms with van der Waals surface area (Å²) in [6.45, 7) is 2.19. The van der Waals surface area contributed by atoms with Crippen molar-refractivity contribution in [3.63, 3.8) is 0 Å². The molecule has 0 heterocycles. The van der Waals surface area contributed by atoms with E-state index in [1.54, 1.807) is 0 Å². The lowest BCUT2D eigenvalue weighted by Gasteiger charge is -2.28. The van der Waals surface area contributed by atoms with Crippen LogP contribution in [0.1, 0.15) is 32.6 Å². The van der Waals surface area contributed by atoms with Gasteiger partial charge in [-0.2, -0.15) is 0 Å². The van der Waals surface area contributed by atoms with E-state index in [1.807, 2.05) is 0 Å². The summed E-state index contributed by atoms with van der Waals surface area (Å²) < 4.78 is 36.7. The van der Waals surface area contributed by atoms with Crippen LogP contribution in [0.2, 0.25) is 0 Å². The highest BCUT2D eigenvalue weighted by molar-refractivity contribution is 7.90. The number of benzene rings is 1. The first-order valence-electron chi connectivity index (χ1n) is 6.62. The Labute approximate surface area is 114 Å². The monoisotopic (exact) mass is 285 g/mol. The van der Waals surface area contributed by atoms with E-state index in [0.29, 0.717) is 11.6 Å². The minimum Gasteiger partial charge on any atom is -0.380 e. The van der Waals surface area contributed by atoms with Gasteiger partial charge in [0.15, 0.2) is 9.84 Å². The van der Waals surface area contributed by atoms with Crippen LogP contribution in [0.5, 0.6) is 0 Å². The zero-order valence-electron chi connectivity index (χ0n) is 11.3. The number of halogens is 1. The molecule has 0 radical (unpaired) electrons. The van der Waals surface area contributed by atoms with Gasteiger partial charge in [-0.1, -0.05) is 19.8 Å². The molecule has 0 aliphatic heterocycles. The van der Waals surface area contributed by atoms with Crippen molar-refractivity contribution in [3.05, 3.63) is 24.0 Å². The smallest absolute Gasteiger partial charge is 0.175 e. The molecule has 1 N–H and O–H groups in total. The maximum Gasteiger partial charge on any atom is 0.175 e. The lowest BCUT2D eigenvalue weighted by molar-refractivity contribution is 0.358. The van der Waals surface area contributed by atoms with Crippen LogP contribution in [0.15, 0.2) is 23.1 Å². The average Bonchev–Trinajstić information content (AvgIpc) is 2.30. The Kier molecular flexibility index (Phi) is 4.13. The maximum absolute atomic E-state index is 13.8. The molecule has 3 nitrogen and oxygen atoms in total. The third-order valence-electron chi connectivity index (χ3n) is 3.66. The van der Waals surface area contributed by atoms with Gasteiger partial charge in [0.1, 0.15) is 5.82 Å². The second-order valence-corrected chi connectivity index (χ2v) is 7.54. The van der Waals surface area contributed by atoms with Gasteiger partial charge >= 0.3 is 0 Å². The summed E-state index contributed by atoms with van der Waals surface area (Å²) in [4.78, 5) is 0.153. The summed E-state index contributed by atoms with van der Waals surface area (Å²) in [6, 6.07) is 4.14. The summed E-state index contributed by atoms with van der Waals surface area (Å²) in [5.74, 6) is 0.234. The molecule has 2 unspecified atom stereocenters. The molecule has 19 heavy (non-hydrogen) atoms. The Morgan fingerprint density at radius 1 is 1.32 bits per heavy atom. The van der Waals surface area contributed by atoms with Crippen molar-refractivity contribution >= 4 is 15.5 Å². The Hall–Kier alpha value is -1.10. The van der Waals surface area contributed by atoms with Crippen molar-refractivity contribution in [1.82, 2.24) is 0 Å². The van der Waals surface area contributed by atoms with Crippen molar-refractivity contribution in [3.8, 4) is 0 Å². The highest BCUT2D eigenvalue weighted by Gasteiger charge is 2.20. The molecule has 5 heteroatoms. The zero-order valence-corrected chi connectivity index (χ0v) is 12.1. The van der Waals surface area contributed by atoms with Crippen LogP contribution in [0.25, 0.3) is 0 Å². The first kappa shape index (κ1) is 14.3. The molecule has 0 saturated heterocycles. The normalized spacial score (nSPS) is 24.2. The van der Waals surface area contributed by atoms with Crippen LogP contribution in [0, 0.1) is 11.7 Å². The van der Waals surface area contributed by atoms with E-state index in [0.717, 1.165) is 25.5 Å². The van der Waals surface area contributed by atoms with Crippen LogP contribution in [-0.2, 0) is 9.84 Å². The number of nitrogens with one attached hydrogen (secondary N) is 1. The van der Waals surface area contributed by atoms with E-state index < -0.39 is 15.7 Å². The second-order valence-electron chi connectivity index (χ2n) is 5.53. The Morgan fingerprint density at radius 3 is 2.68 bits per heavy atom. The van der Waals surface area contributed by atoms with Crippen molar-refractivity contribution in [2.24, 2.45) is 5.92 Å². The Bertz CT molecular complexity index is 557. The summed E-state index contributed by atoms with van der Waals surface area (Å²) in [7, 11) is -3.30. The van der Waals surface area contributed by atoms with Gasteiger partial charge in [-0.15, -0.1) is 0 Å². The summed E-state index contributed by atoms with van der Waals surface area (Å²) in [6.07, 6.45) is 5.48. The van der Waals surface area contributed by atoms with Gasteiger partial charge in [0.2, 0.25) is 0 Å². The lowest BCUT2D eigenvalue weighted by Crippen LogP contribution is -2.26. The molecule has 1 saturated carbocycles. The highest BCUT2D eigenvalue weighted by Crippen LogP contribution is 2.28. The summed E-state index contributed by atoms with van der Waals surface area (Å²) >= 11 is 0. The van der Waals surface area contributed by atoms with Gasteiger partial charge in [-0.25, -0.2) is 12.8 Å². The fraction of sp³-hybridized carbons (Fsp3) is 0.571. The maximum atomic E-state index is 13.8. The SMILES string of the molecule is CC1CCCC(Nc2cc(S(C)(=O)=O)ccc2F)C1. The van der Waals surface area contributed by atoms with Crippen molar-refractivity contribution in [1.29, 1.82) is 0 Å². The predicted octanol–water partition coefficient (Wildman–Crippen LogP) is 3.22. The first-order chi connectivity index (χ1) is 8.86. The molecule has 1 aromatic carbocycles. The van der Waals surface area contributed by atoms with Crippen LogP contribution in [-0.4, -0.2) is 20.7 Å². The number of hydrogen-bond donors (Lipinski definition) is 1. The summed E-state index contributed by atoms with van der Waals surface area (Å²) in [5.41, 5.74) is 0.294. The Balaban J connectivity index is 2.19. The number of hydrogen-bond acceptors (Lipinski definition) is 3. The zero-order chi connectivity index (χ0) is 14.0. The van der Waals surface area contributed by atoms with Gasteiger partial charge in [-0.05, 0) is 37.0 Å². The van der Waals surface area contributed by atoms with Crippen LogP contribution < -0.4 is 5.32 Å². The third-order valence-corrected chi connectivity index (χ3v) is 4.77. The molecular formula is C14H20FNO2S. The van der Waals surface area contributed by atoms with E-state index >= 15 is 0 Å². The van der Waals surface area contributed by atoms with Crippen molar-refractivity contribution in [2.45, 2.75) is 43.5 Å². The highest BCUT2D eigenvalue weighted by atomic mass is 32.2. The molecule has 0 amide bonds. The fourth-order valence-corrected chi connectivity index (χ4v) is 3.28. The molecule has 0 spiro atoms. The number of rotatable bonds is 3. The van der Waals surface area contributed by atoms with E-state index in [2.05, 4.69) is 12.2 Å². The van der Waals surface area contributed by atoms with E-state index in [9.17, 15) is 12.8 Å². The van der Waals surface area contributed by atoms with Gasteiger partial charge in [0, 0.05) is 12.3 Å². The quantitative estimate of drug-likeness (QED) is 0.867. The Morgan fingerprint density at radius 2 is 2.05 bits per heavy atom. The minimum absolute atomic E-state index is 0.153. The van der Waals surface area contributed by atoms with Crippen molar-refractivity contribution in [2.75, 3.05) is 11.6 Å². The molecule has 1 aromatic rings. The number of anilines is 1. The van der Waals surface area contributed by atoms with E-state index in [4.69, 9.17) is 0 Å². The third kappa shape index (κ3) is 3.69. The number of sulfone groups is 1. The summed E-state index contributed by atoms with van der Waals surface area (Å²) in [5, 5.41) is 3.15. The molecule has 1 aliphatic rings. The lowest BCUT2D eigenvalue weighted by atomic mass is 9.87. The van der Waals surface area contributed by atoms with Gasteiger partial charge in [0.25, 0.3) is 0 Å². The minimum atomic E-state index is -3.30. The molecular weight excluding hydrogens is 265 g/mol. The van der Waals surface area contributed by atoms with E-state index in [-0.39, 0.29) is 10.9 Å². The topological polar surface area (TPSA) is 46.2 Å². The van der Waals surface area contributed by atoms with Crippen molar-refractivity contribution < 1.29 is 12.8 Å². The van der Waals surface area contributed by atoms with Gasteiger partial charge in [-0.3, -0.25) is 0 Å². The van der Waals surface area contributed by atoms with Crippen LogP contribution in [0.3, 0.4) is 0 Å². The predicted molar refractivity (Wildman–Crippen MR) is 74.6 cm³/mol. The molecule has 1 fully saturated rings. The second kappa shape index (κ2) is 5.49. The first-order valence-corrected chi connectivity index (χ1v) is 8.51.